The fraction of sp³-hybridized carbons (Fsp3) is 0.238. The second kappa shape index (κ2) is 6.93. The molecular formula is C21H22N2O2. The summed E-state index contributed by atoms with van der Waals surface area (Å²) in [6, 6.07) is 15.5. The van der Waals surface area contributed by atoms with Crippen molar-refractivity contribution in [3.63, 3.8) is 0 Å². The number of aromatic nitrogens is 1. The van der Waals surface area contributed by atoms with Gasteiger partial charge in [-0.25, -0.2) is 0 Å². The third kappa shape index (κ3) is 3.63. The molecule has 3 rings (SSSR count). The Bertz CT molecular complexity index is 974. The third-order valence-corrected chi connectivity index (χ3v) is 4.50. The van der Waals surface area contributed by atoms with Crippen LogP contribution in [0.15, 0.2) is 53.3 Å². The van der Waals surface area contributed by atoms with Crippen LogP contribution in [-0.4, -0.2) is 17.9 Å². The quantitative estimate of drug-likeness (QED) is 0.790. The smallest absolute Gasteiger partial charge is 0.251 e. The second-order valence-electron chi connectivity index (χ2n) is 6.46. The maximum absolute atomic E-state index is 12.4. The predicted molar refractivity (Wildman–Crippen MR) is 102 cm³/mol. The first-order chi connectivity index (χ1) is 12.0. The number of nitrogens with one attached hydrogen (secondary N) is 1. The molecule has 0 unspecified atom stereocenters. The Balaban J connectivity index is 1.80. The number of H-pyrrole nitrogens is 1. The van der Waals surface area contributed by atoms with Crippen molar-refractivity contribution in [3.05, 3.63) is 75.6 Å². The van der Waals surface area contributed by atoms with Gasteiger partial charge in [-0.05, 0) is 55.5 Å². The highest BCUT2D eigenvalue weighted by molar-refractivity contribution is 5.93. The van der Waals surface area contributed by atoms with Crippen molar-refractivity contribution in [2.75, 3.05) is 11.9 Å². The molecule has 1 amide bonds. The standard InChI is InChI=1S/C21H22N2O2/c1-14-11-15(2)20-17(12-14)13-16(21(25)22-20)9-10-19(24)23(3)18-7-5-4-6-8-18/h4-8,11-13H,9-10H2,1-3H3,(H,22,25). The number of nitrogens with zero attached hydrogens (tertiary/aromatic N) is 1. The molecule has 1 N–H and O–H groups in total. The molecule has 0 atom stereocenters. The van der Waals surface area contributed by atoms with E-state index in [1.807, 2.05) is 50.2 Å². The minimum atomic E-state index is -0.116. The number of carbonyl (C=O) groups excluding carboxylic acids is 1. The molecule has 0 bridgehead atoms. The number of carbonyl (C=O) groups is 1. The van der Waals surface area contributed by atoms with E-state index in [9.17, 15) is 9.59 Å². The predicted octanol–water partition coefficient (Wildman–Crippen LogP) is 3.74. The van der Waals surface area contributed by atoms with Gasteiger partial charge in [-0.15, -0.1) is 0 Å². The molecule has 4 nitrogen and oxygen atoms in total. The van der Waals surface area contributed by atoms with E-state index in [1.54, 1.807) is 11.9 Å². The first-order valence-electron chi connectivity index (χ1n) is 8.40. The Hall–Kier alpha value is -2.88. The van der Waals surface area contributed by atoms with Gasteiger partial charge in [-0.2, -0.15) is 0 Å². The van der Waals surface area contributed by atoms with Crippen molar-refractivity contribution < 1.29 is 4.79 Å². The van der Waals surface area contributed by atoms with E-state index < -0.39 is 0 Å². The summed E-state index contributed by atoms with van der Waals surface area (Å²) in [6.07, 6.45) is 0.721. The van der Waals surface area contributed by atoms with Crippen LogP contribution in [0.3, 0.4) is 0 Å². The van der Waals surface area contributed by atoms with Gasteiger partial charge in [0.05, 0.1) is 5.52 Å². The first-order valence-corrected chi connectivity index (χ1v) is 8.40. The largest absolute Gasteiger partial charge is 0.321 e. The molecule has 3 aromatic rings. The maximum Gasteiger partial charge on any atom is 0.251 e. The second-order valence-corrected chi connectivity index (χ2v) is 6.46. The van der Waals surface area contributed by atoms with Gasteiger partial charge < -0.3 is 9.88 Å². The van der Waals surface area contributed by atoms with Crippen LogP contribution in [0.1, 0.15) is 23.1 Å². The van der Waals surface area contributed by atoms with Gasteiger partial charge >= 0.3 is 0 Å². The Morgan fingerprint density at radius 1 is 1.08 bits per heavy atom. The van der Waals surface area contributed by atoms with Crippen LogP contribution in [0, 0.1) is 13.8 Å². The van der Waals surface area contributed by atoms with E-state index in [0.29, 0.717) is 18.4 Å². The first kappa shape index (κ1) is 17.0. The zero-order valence-electron chi connectivity index (χ0n) is 14.8. The van der Waals surface area contributed by atoms with Crippen molar-refractivity contribution in [2.24, 2.45) is 0 Å². The summed E-state index contributed by atoms with van der Waals surface area (Å²) in [5.41, 5.74) is 4.46. The molecule has 128 valence electrons. The Labute approximate surface area is 147 Å². The SMILES string of the molecule is Cc1cc(C)c2[nH]c(=O)c(CCC(=O)N(C)c3ccccc3)cc2c1. The zero-order chi connectivity index (χ0) is 18.0. The van der Waals surface area contributed by atoms with Gasteiger partial charge in [0.1, 0.15) is 0 Å². The molecule has 0 aliphatic heterocycles. The van der Waals surface area contributed by atoms with E-state index in [1.165, 1.54) is 0 Å². The number of rotatable bonds is 4. The molecular weight excluding hydrogens is 312 g/mol. The highest BCUT2D eigenvalue weighted by Crippen LogP contribution is 2.19. The lowest BCUT2D eigenvalue weighted by molar-refractivity contribution is -0.118. The lowest BCUT2D eigenvalue weighted by Crippen LogP contribution is -2.27. The molecule has 2 aromatic carbocycles. The van der Waals surface area contributed by atoms with Crippen molar-refractivity contribution in [2.45, 2.75) is 26.7 Å². The molecule has 0 saturated heterocycles. The number of amides is 1. The summed E-state index contributed by atoms with van der Waals surface area (Å²) in [4.78, 5) is 29.3. The highest BCUT2D eigenvalue weighted by atomic mass is 16.2. The fourth-order valence-corrected chi connectivity index (χ4v) is 3.12. The van der Waals surface area contributed by atoms with Crippen molar-refractivity contribution >= 4 is 22.5 Å². The normalized spacial score (nSPS) is 10.8. The minimum Gasteiger partial charge on any atom is -0.321 e. The number of benzene rings is 2. The fourth-order valence-electron chi connectivity index (χ4n) is 3.12. The van der Waals surface area contributed by atoms with Crippen LogP contribution >= 0.6 is 0 Å². The molecule has 0 aliphatic rings. The molecule has 0 spiro atoms. The van der Waals surface area contributed by atoms with Crippen molar-refractivity contribution in [3.8, 4) is 0 Å². The van der Waals surface area contributed by atoms with Gasteiger partial charge in [-0.3, -0.25) is 9.59 Å². The monoisotopic (exact) mass is 334 g/mol. The van der Waals surface area contributed by atoms with Crippen LogP contribution in [0.2, 0.25) is 0 Å². The average molecular weight is 334 g/mol. The van der Waals surface area contributed by atoms with Crippen LogP contribution in [0.5, 0.6) is 0 Å². The molecule has 1 aromatic heterocycles. The summed E-state index contributed by atoms with van der Waals surface area (Å²) in [5.74, 6) is -0.00822. The maximum atomic E-state index is 12.4. The number of fused-ring (bicyclic) bond motifs is 1. The molecule has 4 heteroatoms. The van der Waals surface area contributed by atoms with Gasteiger partial charge in [-0.1, -0.05) is 29.8 Å². The molecule has 0 aliphatic carbocycles. The molecule has 1 heterocycles. The van der Waals surface area contributed by atoms with Crippen LogP contribution in [0.25, 0.3) is 10.9 Å². The number of aromatic amines is 1. The number of hydrogen-bond acceptors (Lipinski definition) is 2. The molecule has 0 fully saturated rings. The third-order valence-electron chi connectivity index (χ3n) is 4.50. The Morgan fingerprint density at radius 3 is 2.52 bits per heavy atom. The van der Waals surface area contributed by atoms with Gasteiger partial charge in [0.15, 0.2) is 0 Å². The molecule has 25 heavy (non-hydrogen) atoms. The van der Waals surface area contributed by atoms with E-state index in [-0.39, 0.29) is 11.5 Å². The lowest BCUT2D eigenvalue weighted by atomic mass is 10.0. The minimum absolute atomic E-state index is 0.00822. The summed E-state index contributed by atoms with van der Waals surface area (Å²) in [7, 11) is 1.76. The van der Waals surface area contributed by atoms with Crippen molar-refractivity contribution in [1.82, 2.24) is 4.98 Å². The number of para-hydroxylation sites is 1. The Kier molecular flexibility index (Phi) is 4.70. The van der Waals surface area contributed by atoms with Crippen LogP contribution < -0.4 is 10.5 Å². The van der Waals surface area contributed by atoms with E-state index in [2.05, 4.69) is 17.1 Å². The van der Waals surface area contributed by atoms with Gasteiger partial charge in [0, 0.05) is 24.7 Å². The highest BCUT2D eigenvalue weighted by Gasteiger charge is 2.12. The number of hydrogen-bond donors (Lipinski definition) is 1. The number of aryl methyl sites for hydroxylation is 3. The van der Waals surface area contributed by atoms with Crippen LogP contribution in [-0.2, 0) is 11.2 Å². The van der Waals surface area contributed by atoms with Gasteiger partial charge in [0.2, 0.25) is 5.91 Å². The van der Waals surface area contributed by atoms with E-state index in [4.69, 9.17) is 0 Å². The number of pyridine rings is 1. The van der Waals surface area contributed by atoms with Crippen molar-refractivity contribution in [1.29, 1.82) is 0 Å². The summed E-state index contributed by atoms with van der Waals surface area (Å²) < 4.78 is 0. The van der Waals surface area contributed by atoms with Gasteiger partial charge in [0.25, 0.3) is 5.56 Å². The topological polar surface area (TPSA) is 53.2 Å². The van der Waals surface area contributed by atoms with E-state index >= 15 is 0 Å². The summed E-state index contributed by atoms with van der Waals surface area (Å²) in [5, 5.41) is 1.01. The zero-order valence-corrected chi connectivity index (χ0v) is 14.8. The lowest BCUT2D eigenvalue weighted by Gasteiger charge is -2.17. The summed E-state index contributed by atoms with van der Waals surface area (Å²) in [6.45, 7) is 4.03. The van der Waals surface area contributed by atoms with Crippen LogP contribution in [0.4, 0.5) is 5.69 Å². The van der Waals surface area contributed by atoms with E-state index in [0.717, 1.165) is 27.7 Å². The number of anilines is 1. The summed E-state index contributed by atoms with van der Waals surface area (Å²) >= 11 is 0. The molecule has 0 radical (unpaired) electrons. The Morgan fingerprint density at radius 2 is 1.80 bits per heavy atom. The average Bonchev–Trinajstić information content (AvgIpc) is 2.60. The molecule has 0 saturated carbocycles.